The van der Waals surface area contributed by atoms with Crippen LogP contribution in [0.4, 0.5) is 0 Å². The van der Waals surface area contributed by atoms with Crippen LogP contribution in [0.1, 0.15) is 6.92 Å². The van der Waals surface area contributed by atoms with Gasteiger partial charge in [0, 0.05) is 23.7 Å². The smallest absolute Gasteiger partial charge is 0.0402 e. The molecule has 0 aromatic heterocycles. The first-order valence-corrected chi connectivity index (χ1v) is 1.02. The van der Waals surface area contributed by atoms with E-state index in [0.29, 0.717) is 0 Å². The standard InChI is InChI=1S/C2H6O.ClH.Cu.2H2O/c1-2-3;;;;/h3H,2H2,1H3;1H;;2*1H2. The van der Waals surface area contributed by atoms with E-state index in [1.807, 2.05) is 0 Å². The van der Waals surface area contributed by atoms with Crippen molar-refractivity contribution in [1.29, 1.82) is 0 Å². The van der Waals surface area contributed by atoms with Crippen LogP contribution < -0.4 is 0 Å². The summed E-state index contributed by atoms with van der Waals surface area (Å²) < 4.78 is 0. The molecule has 55 valence electrons. The molecule has 7 heavy (non-hydrogen) atoms. The maximum atomic E-state index is 7.57. The first-order valence-electron chi connectivity index (χ1n) is 1.02. The van der Waals surface area contributed by atoms with Crippen molar-refractivity contribution in [3.8, 4) is 0 Å². The second kappa shape index (κ2) is 75.9. The van der Waals surface area contributed by atoms with Crippen molar-refractivity contribution in [3.05, 3.63) is 0 Å². The van der Waals surface area contributed by atoms with Gasteiger partial charge in [0.15, 0.2) is 0 Å². The Hall–Kier alpha value is 0.689. The van der Waals surface area contributed by atoms with E-state index in [9.17, 15) is 0 Å². The summed E-state index contributed by atoms with van der Waals surface area (Å²) in [6, 6.07) is 0. The van der Waals surface area contributed by atoms with Crippen LogP contribution in [0.3, 0.4) is 0 Å². The Morgan fingerprint density at radius 3 is 1.29 bits per heavy atom. The maximum Gasteiger partial charge on any atom is 0.0402 e. The largest absolute Gasteiger partial charge is 0.412 e. The normalized spacial score (nSPS) is 2.57. The number of aliphatic hydroxyl groups is 1. The molecule has 0 heterocycles. The summed E-state index contributed by atoms with van der Waals surface area (Å²) in [5.41, 5.74) is 0. The number of hydrogen-bond acceptors (Lipinski definition) is 1. The van der Waals surface area contributed by atoms with E-state index in [4.69, 9.17) is 5.11 Å². The van der Waals surface area contributed by atoms with Gasteiger partial charge in [-0.15, -0.1) is 12.4 Å². The molecule has 0 aromatic carbocycles. The van der Waals surface area contributed by atoms with Gasteiger partial charge in [0.25, 0.3) is 0 Å². The molecule has 0 rings (SSSR count). The average molecular weight is 182 g/mol. The fourth-order valence-electron chi connectivity index (χ4n) is 0. The maximum absolute atomic E-state index is 7.57. The number of hydrogen-bond donors (Lipinski definition) is 1. The van der Waals surface area contributed by atoms with Crippen LogP contribution in [0.5, 0.6) is 0 Å². The van der Waals surface area contributed by atoms with Gasteiger partial charge in [-0.05, 0) is 6.92 Å². The molecule has 0 saturated carbocycles. The van der Waals surface area contributed by atoms with Gasteiger partial charge in [-0.3, -0.25) is 0 Å². The van der Waals surface area contributed by atoms with Crippen LogP contribution in [0, 0.1) is 0 Å². The molecule has 0 bridgehead atoms. The molecule has 5 N–H and O–H groups in total. The summed E-state index contributed by atoms with van der Waals surface area (Å²) in [5.74, 6) is 0. The quantitative estimate of drug-likeness (QED) is 0.467. The van der Waals surface area contributed by atoms with Crippen molar-refractivity contribution in [2.45, 2.75) is 6.92 Å². The predicted octanol–water partition coefficient (Wildman–Crippen LogP) is -1.23. The fraction of sp³-hybridized carbons (Fsp3) is 1.00. The molecule has 1 radical (unpaired) electrons. The Labute approximate surface area is 59.6 Å². The van der Waals surface area contributed by atoms with Gasteiger partial charge < -0.3 is 16.1 Å². The molecule has 0 aliphatic heterocycles. The van der Waals surface area contributed by atoms with E-state index < -0.39 is 0 Å². The molecule has 3 nitrogen and oxygen atoms in total. The van der Waals surface area contributed by atoms with Crippen molar-refractivity contribution in [3.63, 3.8) is 0 Å². The van der Waals surface area contributed by atoms with E-state index in [0.717, 1.165) is 0 Å². The van der Waals surface area contributed by atoms with Crippen LogP contribution >= 0.6 is 12.4 Å². The van der Waals surface area contributed by atoms with Crippen LogP contribution in [0.15, 0.2) is 0 Å². The van der Waals surface area contributed by atoms with Crippen LogP contribution in [-0.2, 0) is 17.1 Å². The van der Waals surface area contributed by atoms with E-state index in [2.05, 4.69) is 0 Å². The third-order valence-corrected chi connectivity index (χ3v) is 0. The van der Waals surface area contributed by atoms with Gasteiger partial charge in [-0.1, -0.05) is 0 Å². The minimum atomic E-state index is 0. The van der Waals surface area contributed by atoms with E-state index >= 15 is 0 Å². The molecule has 0 aromatic rings. The topological polar surface area (TPSA) is 83.2 Å². The molecule has 0 fully saturated rings. The van der Waals surface area contributed by atoms with E-state index in [1.54, 1.807) is 6.92 Å². The van der Waals surface area contributed by atoms with Crippen LogP contribution in [0.2, 0.25) is 0 Å². The second-order valence-corrected chi connectivity index (χ2v) is 0.316. The average Bonchev–Trinajstić information content (AvgIpc) is 0.918. The first-order chi connectivity index (χ1) is 1.41. The van der Waals surface area contributed by atoms with Gasteiger partial charge in [-0.25, -0.2) is 0 Å². The Bertz CT molecular complexity index is 12.9. The number of halogens is 1. The SMILES string of the molecule is CCO.Cl.O.O.[Cu]. The van der Waals surface area contributed by atoms with Gasteiger partial charge in [0.05, 0.1) is 0 Å². The predicted molar refractivity (Wildman–Crippen MR) is 27.2 cm³/mol. The molecule has 5 heteroatoms. The molecule has 0 aliphatic carbocycles. The first kappa shape index (κ1) is 47.6. The summed E-state index contributed by atoms with van der Waals surface area (Å²) in [7, 11) is 0. The third kappa shape index (κ3) is 309. The van der Waals surface area contributed by atoms with Crippen molar-refractivity contribution in [2.24, 2.45) is 0 Å². The van der Waals surface area contributed by atoms with Crippen LogP contribution in [-0.4, -0.2) is 22.7 Å². The zero-order valence-electron chi connectivity index (χ0n) is 3.86. The van der Waals surface area contributed by atoms with Crippen molar-refractivity contribution < 1.29 is 33.1 Å². The van der Waals surface area contributed by atoms with Gasteiger partial charge in [0.1, 0.15) is 0 Å². The van der Waals surface area contributed by atoms with Crippen LogP contribution in [0.25, 0.3) is 0 Å². The van der Waals surface area contributed by atoms with Gasteiger partial charge in [0.2, 0.25) is 0 Å². The molecule has 0 amide bonds. The van der Waals surface area contributed by atoms with Gasteiger partial charge >= 0.3 is 0 Å². The van der Waals surface area contributed by atoms with Crippen molar-refractivity contribution >= 4 is 12.4 Å². The Morgan fingerprint density at radius 1 is 1.29 bits per heavy atom. The summed E-state index contributed by atoms with van der Waals surface area (Å²) >= 11 is 0. The zero-order valence-corrected chi connectivity index (χ0v) is 5.62. The molecule has 0 unspecified atom stereocenters. The molecule has 0 aliphatic rings. The number of rotatable bonds is 0. The number of aliphatic hydroxyl groups excluding tert-OH is 1. The minimum Gasteiger partial charge on any atom is -0.412 e. The van der Waals surface area contributed by atoms with Crippen molar-refractivity contribution in [2.75, 3.05) is 6.61 Å². The molecule has 0 saturated heterocycles. The Kier molecular flexibility index (Phi) is 516. The second-order valence-electron chi connectivity index (χ2n) is 0.316. The summed E-state index contributed by atoms with van der Waals surface area (Å²) in [5, 5.41) is 7.57. The minimum absolute atomic E-state index is 0. The molecular weight excluding hydrogens is 171 g/mol. The molecular formula is C2H11ClCuO3. The fourth-order valence-corrected chi connectivity index (χ4v) is 0. The summed E-state index contributed by atoms with van der Waals surface area (Å²) in [4.78, 5) is 0. The summed E-state index contributed by atoms with van der Waals surface area (Å²) in [6.45, 7) is 1.93. The summed E-state index contributed by atoms with van der Waals surface area (Å²) in [6.07, 6.45) is 0. The monoisotopic (exact) mass is 181 g/mol. The van der Waals surface area contributed by atoms with E-state index in [-0.39, 0.29) is 47.0 Å². The van der Waals surface area contributed by atoms with E-state index in [1.165, 1.54) is 0 Å². The zero-order chi connectivity index (χ0) is 2.71. The Balaban J connectivity index is -0.00000000333. The molecule has 0 spiro atoms. The van der Waals surface area contributed by atoms with Gasteiger partial charge in [-0.2, -0.15) is 0 Å². The Morgan fingerprint density at radius 2 is 1.29 bits per heavy atom. The van der Waals surface area contributed by atoms with Crippen molar-refractivity contribution in [1.82, 2.24) is 0 Å². The third-order valence-electron chi connectivity index (χ3n) is 0. The molecule has 0 atom stereocenters.